The summed E-state index contributed by atoms with van der Waals surface area (Å²) in [5.41, 5.74) is 5.36. The van der Waals surface area contributed by atoms with Crippen LogP contribution in [-0.4, -0.2) is 14.8 Å². The van der Waals surface area contributed by atoms with E-state index in [-0.39, 0.29) is 0 Å². The molecule has 0 amide bonds. The van der Waals surface area contributed by atoms with Gasteiger partial charge in [-0.05, 0) is 49.9 Å². The van der Waals surface area contributed by atoms with Crippen LogP contribution in [0.15, 0.2) is 18.5 Å². The fraction of sp³-hybridized carbons (Fsp3) is 0.467. The summed E-state index contributed by atoms with van der Waals surface area (Å²) in [5.74, 6) is 0.829. The van der Waals surface area contributed by atoms with Gasteiger partial charge in [-0.15, -0.1) is 0 Å². The number of nitrogens with one attached hydrogen (secondary N) is 1. The highest BCUT2D eigenvalue weighted by Gasteiger charge is 2.10. The van der Waals surface area contributed by atoms with E-state index >= 15 is 0 Å². The molecule has 1 unspecified atom stereocenters. The summed E-state index contributed by atoms with van der Waals surface area (Å²) in [4.78, 5) is 4.22. The van der Waals surface area contributed by atoms with Gasteiger partial charge in [0.15, 0.2) is 5.82 Å². The second-order valence-electron chi connectivity index (χ2n) is 5.23. The fourth-order valence-corrected chi connectivity index (χ4v) is 2.27. The third-order valence-corrected chi connectivity index (χ3v) is 3.56. The molecule has 0 fully saturated rings. The predicted molar refractivity (Wildman–Crippen MR) is 76.9 cm³/mol. The summed E-state index contributed by atoms with van der Waals surface area (Å²) < 4.78 is 1.73. The zero-order valence-corrected chi connectivity index (χ0v) is 12.4. The molecule has 19 heavy (non-hydrogen) atoms. The molecule has 0 radical (unpaired) electrons. The van der Waals surface area contributed by atoms with Crippen LogP contribution in [0.1, 0.15) is 41.0 Å². The lowest BCUT2D eigenvalue weighted by molar-refractivity contribution is 0.553. The highest BCUT2D eigenvalue weighted by atomic mass is 15.3. The van der Waals surface area contributed by atoms with Crippen molar-refractivity contribution >= 4 is 0 Å². The molecule has 0 saturated carbocycles. The van der Waals surface area contributed by atoms with E-state index in [0.29, 0.717) is 12.6 Å². The Morgan fingerprint density at radius 3 is 2.47 bits per heavy atom. The van der Waals surface area contributed by atoms with E-state index in [4.69, 9.17) is 0 Å². The number of hydrogen-bond donors (Lipinski definition) is 1. The summed E-state index contributed by atoms with van der Waals surface area (Å²) in [6.45, 7) is 9.35. The first kappa shape index (κ1) is 13.7. The third-order valence-electron chi connectivity index (χ3n) is 3.56. The Hall–Kier alpha value is -1.68. The van der Waals surface area contributed by atoms with E-state index in [1.54, 1.807) is 11.0 Å². The topological polar surface area (TPSA) is 42.7 Å². The average molecular weight is 258 g/mol. The van der Waals surface area contributed by atoms with Gasteiger partial charge in [-0.1, -0.05) is 12.1 Å². The number of aryl methyl sites for hydroxylation is 4. The quantitative estimate of drug-likeness (QED) is 0.916. The first-order valence-electron chi connectivity index (χ1n) is 6.63. The Bertz CT molecular complexity index is 572. The maximum absolute atomic E-state index is 4.27. The van der Waals surface area contributed by atoms with Gasteiger partial charge >= 0.3 is 0 Å². The van der Waals surface area contributed by atoms with Crippen LogP contribution in [0.4, 0.5) is 0 Å². The molecule has 102 valence electrons. The summed E-state index contributed by atoms with van der Waals surface area (Å²) >= 11 is 0. The van der Waals surface area contributed by atoms with Crippen LogP contribution in [0, 0.1) is 20.8 Å². The summed E-state index contributed by atoms with van der Waals surface area (Å²) in [7, 11) is 1.88. The summed E-state index contributed by atoms with van der Waals surface area (Å²) in [5, 5.41) is 7.75. The van der Waals surface area contributed by atoms with Crippen molar-refractivity contribution in [3.63, 3.8) is 0 Å². The van der Waals surface area contributed by atoms with Crippen molar-refractivity contribution in [1.29, 1.82) is 0 Å². The normalized spacial score (nSPS) is 12.7. The number of hydrogen-bond acceptors (Lipinski definition) is 3. The Labute approximate surface area is 114 Å². The maximum atomic E-state index is 4.27. The van der Waals surface area contributed by atoms with Crippen molar-refractivity contribution in [3.8, 4) is 0 Å². The average Bonchev–Trinajstić information content (AvgIpc) is 2.77. The monoisotopic (exact) mass is 258 g/mol. The minimum absolute atomic E-state index is 0.295. The molecule has 2 aromatic rings. The van der Waals surface area contributed by atoms with Gasteiger partial charge in [-0.3, -0.25) is 4.68 Å². The van der Waals surface area contributed by atoms with Crippen molar-refractivity contribution in [3.05, 3.63) is 46.5 Å². The molecule has 1 heterocycles. The smallest absolute Gasteiger partial charge is 0.164 e. The molecular formula is C15H22N4. The molecule has 4 heteroatoms. The zero-order valence-electron chi connectivity index (χ0n) is 12.4. The lowest BCUT2D eigenvalue weighted by Crippen LogP contribution is -2.20. The highest BCUT2D eigenvalue weighted by Crippen LogP contribution is 2.21. The molecule has 1 atom stereocenters. The molecule has 0 aliphatic carbocycles. The molecule has 0 aliphatic heterocycles. The zero-order chi connectivity index (χ0) is 14.0. The van der Waals surface area contributed by atoms with Crippen LogP contribution in [0.25, 0.3) is 0 Å². The van der Waals surface area contributed by atoms with E-state index in [0.717, 1.165) is 5.82 Å². The Kier molecular flexibility index (Phi) is 4.00. The molecule has 0 aliphatic rings. The Balaban J connectivity index is 2.07. The highest BCUT2D eigenvalue weighted by molar-refractivity contribution is 5.38. The summed E-state index contributed by atoms with van der Waals surface area (Å²) in [6.07, 6.45) is 1.73. The second-order valence-corrected chi connectivity index (χ2v) is 5.23. The number of nitrogens with zero attached hydrogens (tertiary/aromatic N) is 3. The van der Waals surface area contributed by atoms with Crippen LogP contribution in [-0.2, 0) is 13.6 Å². The molecule has 4 nitrogen and oxygen atoms in total. The molecule has 0 saturated heterocycles. The number of rotatable bonds is 4. The van der Waals surface area contributed by atoms with E-state index < -0.39 is 0 Å². The molecule has 1 aromatic carbocycles. The number of aromatic nitrogens is 3. The van der Waals surface area contributed by atoms with Crippen LogP contribution >= 0.6 is 0 Å². The van der Waals surface area contributed by atoms with Crippen LogP contribution < -0.4 is 5.32 Å². The fourth-order valence-electron chi connectivity index (χ4n) is 2.27. The van der Waals surface area contributed by atoms with Crippen molar-refractivity contribution in [2.24, 2.45) is 7.05 Å². The van der Waals surface area contributed by atoms with Gasteiger partial charge in [0.2, 0.25) is 0 Å². The second kappa shape index (κ2) is 5.53. The molecule has 1 N–H and O–H groups in total. The molecule has 2 rings (SSSR count). The first-order chi connectivity index (χ1) is 8.97. The van der Waals surface area contributed by atoms with Crippen molar-refractivity contribution in [2.45, 2.75) is 40.3 Å². The van der Waals surface area contributed by atoms with Gasteiger partial charge in [-0.2, -0.15) is 5.10 Å². The molecular weight excluding hydrogens is 236 g/mol. The van der Waals surface area contributed by atoms with Crippen LogP contribution in [0.5, 0.6) is 0 Å². The van der Waals surface area contributed by atoms with Crippen LogP contribution in [0.2, 0.25) is 0 Å². The van der Waals surface area contributed by atoms with Crippen LogP contribution in [0.3, 0.4) is 0 Å². The molecule has 1 aromatic heterocycles. The minimum atomic E-state index is 0.295. The van der Waals surface area contributed by atoms with Crippen molar-refractivity contribution in [2.75, 3.05) is 0 Å². The van der Waals surface area contributed by atoms with E-state index in [1.807, 2.05) is 7.05 Å². The third kappa shape index (κ3) is 3.20. The molecule has 0 spiro atoms. The maximum Gasteiger partial charge on any atom is 0.164 e. The Morgan fingerprint density at radius 1 is 1.16 bits per heavy atom. The van der Waals surface area contributed by atoms with Gasteiger partial charge < -0.3 is 5.32 Å². The lowest BCUT2D eigenvalue weighted by Gasteiger charge is -2.17. The minimum Gasteiger partial charge on any atom is -0.303 e. The molecule has 0 bridgehead atoms. The van der Waals surface area contributed by atoms with E-state index in [2.05, 4.69) is 55.2 Å². The largest absolute Gasteiger partial charge is 0.303 e. The SMILES string of the molecule is Cc1cc(C)c(C(C)NCc2ncn(C)n2)cc1C. The Morgan fingerprint density at radius 2 is 1.84 bits per heavy atom. The summed E-state index contributed by atoms with van der Waals surface area (Å²) in [6, 6.07) is 4.82. The number of benzene rings is 1. The van der Waals surface area contributed by atoms with Gasteiger partial charge in [0.25, 0.3) is 0 Å². The van der Waals surface area contributed by atoms with Gasteiger partial charge in [0.05, 0.1) is 6.54 Å². The van der Waals surface area contributed by atoms with Gasteiger partial charge in [0.1, 0.15) is 6.33 Å². The van der Waals surface area contributed by atoms with E-state index in [9.17, 15) is 0 Å². The van der Waals surface area contributed by atoms with E-state index in [1.165, 1.54) is 22.3 Å². The predicted octanol–water partition coefficient (Wildman–Crippen LogP) is 2.59. The van der Waals surface area contributed by atoms with Gasteiger partial charge in [0, 0.05) is 13.1 Å². The van der Waals surface area contributed by atoms with Crippen molar-refractivity contribution < 1.29 is 0 Å². The lowest BCUT2D eigenvalue weighted by atomic mass is 9.96. The van der Waals surface area contributed by atoms with Gasteiger partial charge in [-0.25, -0.2) is 4.98 Å². The van der Waals surface area contributed by atoms with Crippen molar-refractivity contribution in [1.82, 2.24) is 20.1 Å². The first-order valence-corrected chi connectivity index (χ1v) is 6.63. The standard InChI is InChI=1S/C15H22N4/c1-10-6-12(3)14(7-11(10)2)13(4)16-8-15-17-9-19(5)18-15/h6-7,9,13,16H,8H2,1-5H3.